The molecule has 2 atom stereocenters. The maximum atomic E-state index is 10.1. The average molecular weight is 281 g/mol. The normalized spacial score (nSPS) is 30.6. The molecule has 2 fully saturated rings. The van der Waals surface area contributed by atoms with Crippen LogP contribution in [0.15, 0.2) is 10.9 Å². The van der Waals surface area contributed by atoms with Gasteiger partial charge in [-0.25, -0.2) is 4.98 Å². The van der Waals surface area contributed by atoms with Crippen molar-refractivity contribution in [1.82, 2.24) is 14.8 Å². The topological polar surface area (TPSA) is 39.6 Å². The third-order valence-electron chi connectivity index (χ3n) is 4.44. The maximum absolute atomic E-state index is 10.1. The van der Waals surface area contributed by atoms with E-state index in [1.165, 1.54) is 25.0 Å². The van der Waals surface area contributed by atoms with Gasteiger partial charge < -0.3 is 5.11 Å². The SMILES string of the molecule is O[C@@H]1CCCC[C@H]1N1CCN(Cc2cscn2)CC1. The zero-order chi connectivity index (χ0) is 13.1. The summed E-state index contributed by atoms with van der Waals surface area (Å²) in [5.41, 5.74) is 3.10. The van der Waals surface area contributed by atoms with Gasteiger partial charge in [-0.1, -0.05) is 12.8 Å². The van der Waals surface area contributed by atoms with E-state index in [9.17, 15) is 5.11 Å². The molecule has 2 heterocycles. The quantitative estimate of drug-likeness (QED) is 0.913. The minimum atomic E-state index is -0.0983. The maximum Gasteiger partial charge on any atom is 0.0795 e. The average Bonchev–Trinajstić information content (AvgIpc) is 2.93. The Kier molecular flexibility index (Phi) is 4.48. The zero-order valence-corrected chi connectivity index (χ0v) is 12.2. The highest BCUT2D eigenvalue weighted by atomic mass is 32.1. The molecule has 1 saturated carbocycles. The smallest absolute Gasteiger partial charge is 0.0795 e. The van der Waals surface area contributed by atoms with Crippen LogP contribution >= 0.6 is 11.3 Å². The molecule has 0 aromatic carbocycles. The van der Waals surface area contributed by atoms with Crippen molar-refractivity contribution in [1.29, 1.82) is 0 Å². The molecule has 1 aliphatic heterocycles. The molecular weight excluding hydrogens is 258 g/mol. The Morgan fingerprint density at radius 2 is 2.00 bits per heavy atom. The van der Waals surface area contributed by atoms with Gasteiger partial charge in [-0.15, -0.1) is 11.3 Å². The van der Waals surface area contributed by atoms with Crippen molar-refractivity contribution in [2.24, 2.45) is 0 Å². The Morgan fingerprint density at radius 1 is 1.21 bits per heavy atom. The van der Waals surface area contributed by atoms with Crippen molar-refractivity contribution in [2.75, 3.05) is 26.2 Å². The Balaban J connectivity index is 1.49. The van der Waals surface area contributed by atoms with Crippen LogP contribution in [0.25, 0.3) is 0 Å². The van der Waals surface area contributed by atoms with Crippen LogP contribution in [-0.4, -0.2) is 58.2 Å². The summed E-state index contributed by atoms with van der Waals surface area (Å²) in [6.45, 7) is 5.35. The van der Waals surface area contributed by atoms with Crippen molar-refractivity contribution < 1.29 is 5.11 Å². The number of aliphatic hydroxyl groups is 1. The lowest BCUT2D eigenvalue weighted by Crippen LogP contribution is -2.54. The van der Waals surface area contributed by atoms with Crippen molar-refractivity contribution in [3.05, 3.63) is 16.6 Å². The van der Waals surface area contributed by atoms with Crippen LogP contribution in [0.1, 0.15) is 31.4 Å². The van der Waals surface area contributed by atoms with Gasteiger partial charge in [0.05, 0.1) is 17.3 Å². The Morgan fingerprint density at radius 3 is 2.68 bits per heavy atom. The molecular formula is C14H23N3OS. The van der Waals surface area contributed by atoms with Crippen LogP contribution in [0, 0.1) is 0 Å². The lowest BCUT2D eigenvalue weighted by atomic mass is 9.91. The van der Waals surface area contributed by atoms with Crippen molar-refractivity contribution in [3.8, 4) is 0 Å². The number of rotatable bonds is 3. The molecule has 5 heteroatoms. The van der Waals surface area contributed by atoms with Crippen LogP contribution < -0.4 is 0 Å². The molecule has 106 valence electrons. The summed E-state index contributed by atoms with van der Waals surface area (Å²) in [5.74, 6) is 0. The van der Waals surface area contributed by atoms with E-state index >= 15 is 0 Å². The Labute approximate surface area is 119 Å². The minimum absolute atomic E-state index is 0.0983. The second kappa shape index (κ2) is 6.31. The molecule has 0 unspecified atom stereocenters. The number of hydrogen-bond acceptors (Lipinski definition) is 5. The minimum Gasteiger partial charge on any atom is -0.391 e. The number of piperazine rings is 1. The molecule has 2 aliphatic rings. The second-order valence-corrected chi connectivity index (χ2v) is 6.43. The van der Waals surface area contributed by atoms with Gasteiger partial charge in [0.15, 0.2) is 0 Å². The number of aromatic nitrogens is 1. The lowest BCUT2D eigenvalue weighted by molar-refractivity contribution is -0.00486. The molecule has 1 aromatic heterocycles. The molecule has 0 bridgehead atoms. The first-order chi connectivity index (χ1) is 9.33. The van der Waals surface area contributed by atoms with E-state index in [0.717, 1.165) is 39.1 Å². The van der Waals surface area contributed by atoms with Gasteiger partial charge in [0.1, 0.15) is 0 Å². The third kappa shape index (κ3) is 3.34. The monoisotopic (exact) mass is 281 g/mol. The molecule has 3 rings (SSSR count). The highest BCUT2D eigenvalue weighted by Gasteiger charge is 2.30. The van der Waals surface area contributed by atoms with E-state index in [4.69, 9.17) is 0 Å². The van der Waals surface area contributed by atoms with Crippen LogP contribution in [0.5, 0.6) is 0 Å². The summed E-state index contributed by atoms with van der Waals surface area (Å²) in [6, 6.07) is 0.412. The van der Waals surface area contributed by atoms with Crippen molar-refractivity contribution in [2.45, 2.75) is 44.4 Å². The standard InChI is InChI=1S/C14H23N3OS/c18-14-4-2-1-3-13(14)17-7-5-16(6-8-17)9-12-10-19-11-15-12/h10-11,13-14,18H,1-9H2/t13-,14-/m1/s1. The third-order valence-corrected chi connectivity index (χ3v) is 5.07. The lowest BCUT2D eigenvalue weighted by Gasteiger charge is -2.42. The van der Waals surface area contributed by atoms with E-state index in [2.05, 4.69) is 20.2 Å². The first-order valence-corrected chi connectivity index (χ1v) is 8.29. The predicted molar refractivity (Wildman–Crippen MR) is 77.2 cm³/mol. The molecule has 1 aliphatic carbocycles. The van der Waals surface area contributed by atoms with Crippen LogP contribution in [0.3, 0.4) is 0 Å². The van der Waals surface area contributed by atoms with Crippen LogP contribution in [0.4, 0.5) is 0 Å². The fourth-order valence-electron chi connectivity index (χ4n) is 3.32. The van der Waals surface area contributed by atoms with E-state index < -0.39 is 0 Å². The number of nitrogens with zero attached hydrogens (tertiary/aromatic N) is 3. The first-order valence-electron chi connectivity index (χ1n) is 7.34. The van der Waals surface area contributed by atoms with E-state index in [1.807, 2.05) is 5.51 Å². The van der Waals surface area contributed by atoms with Gasteiger partial charge in [0, 0.05) is 44.1 Å². The molecule has 0 radical (unpaired) electrons. The highest BCUT2D eigenvalue weighted by Crippen LogP contribution is 2.24. The summed E-state index contributed by atoms with van der Waals surface area (Å²) in [7, 11) is 0. The first kappa shape index (κ1) is 13.5. The van der Waals surface area contributed by atoms with Gasteiger partial charge in [0.25, 0.3) is 0 Å². The summed E-state index contributed by atoms with van der Waals surface area (Å²) in [5, 5.41) is 12.3. The number of hydrogen-bond donors (Lipinski definition) is 1. The fraction of sp³-hybridized carbons (Fsp3) is 0.786. The van der Waals surface area contributed by atoms with E-state index in [1.54, 1.807) is 11.3 Å². The number of thiazole rings is 1. The number of aliphatic hydroxyl groups excluding tert-OH is 1. The van der Waals surface area contributed by atoms with E-state index in [-0.39, 0.29) is 6.10 Å². The van der Waals surface area contributed by atoms with E-state index in [0.29, 0.717) is 6.04 Å². The summed E-state index contributed by atoms with van der Waals surface area (Å²) < 4.78 is 0. The summed E-state index contributed by atoms with van der Waals surface area (Å²) in [6.07, 6.45) is 4.54. The van der Waals surface area contributed by atoms with Gasteiger partial charge in [-0.2, -0.15) is 0 Å². The summed E-state index contributed by atoms with van der Waals surface area (Å²) in [4.78, 5) is 9.33. The van der Waals surface area contributed by atoms with Gasteiger partial charge in [0.2, 0.25) is 0 Å². The van der Waals surface area contributed by atoms with Crippen molar-refractivity contribution in [3.63, 3.8) is 0 Å². The molecule has 0 amide bonds. The predicted octanol–water partition coefficient (Wildman–Crippen LogP) is 1.56. The van der Waals surface area contributed by atoms with Crippen LogP contribution in [-0.2, 0) is 6.54 Å². The molecule has 1 N–H and O–H groups in total. The van der Waals surface area contributed by atoms with Gasteiger partial charge in [-0.05, 0) is 12.8 Å². The molecule has 1 aromatic rings. The van der Waals surface area contributed by atoms with Crippen molar-refractivity contribution >= 4 is 11.3 Å². The molecule has 4 nitrogen and oxygen atoms in total. The molecule has 1 saturated heterocycles. The fourth-order valence-corrected chi connectivity index (χ4v) is 3.87. The van der Waals surface area contributed by atoms with Gasteiger partial charge >= 0.3 is 0 Å². The molecule has 19 heavy (non-hydrogen) atoms. The second-order valence-electron chi connectivity index (χ2n) is 5.71. The van der Waals surface area contributed by atoms with Gasteiger partial charge in [-0.3, -0.25) is 9.80 Å². The zero-order valence-electron chi connectivity index (χ0n) is 11.4. The Hall–Kier alpha value is -0.490. The van der Waals surface area contributed by atoms with Crippen LogP contribution in [0.2, 0.25) is 0 Å². The Bertz CT molecular complexity index is 376. The highest BCUT2D eigenvalue weighted by molar-refractivity contribution is 7.07. The largest absolute Gasteiger partial charge is 0.391 e. The molecule has 0 spiro atoms. The summed E-state index contributed by atoms with van der Waals surface area (Å²) >= 11 is 1.67.